The predicted molar refractivity (Wildman–Crippen MR) is 131 cm³/mol. The van der Waals surface area contributed by atoms with Crippen molar-refractivity contribution in [3.63, 3.8) is 0 Å². The van der Waals surface area contributed by atoms with Gasteiger partial charge < -0.3 is 10.2 Å². The number of aromatic nitrogens is 5. The Labute approximate surface area is 212 Å². The van der Waals surface area contributed by atoms with Crippen LogP contribution >= 0.6 is 0 Å². The second-order valence-corrected chi connectivity index (χ2v) is 12.7. The van der Waals surface area contributed by atoms with E-state index in [0.717, 1.165) is 0 Å². The number of fused-ring (bicyclic) bond motifs is 1. The molecule has 1 aromatic carbocycles. The molecule has 0 unspecified atom stereocenters. The predicted octanol–water partition coefficient (Wildman–Crippen LogP) is 2.85. The van der Waals surface area contributed by atoms with Crippen LogP contribution in [0.15, 0.2) is 23.2 Å². The fraction of sp³-hybridized carbons (Fsp3) is 0.565. The molecule has 14 heteroatoms. The monoisotopic (exact) mass is 538 g/mol. The van der Waals surface area contributed by atoms with Crippen LogP contribution in [0.3, 0.4) is 0 Å². The lowest BCUT2D eigenvalue weighted by Crippen LogP contribution is -2.61. The molecule has 2 N–H and O–H groups in total. The van der Waals surface area contributed by atoms with Crippen LogP contribution in [0.5, 0.6) is 0 Å². The number of hydrogen-bond acceptors (Lipinski definition) is 8. The molecule has 1 saturated heterocycles. The van der Waals surface area contributed by atoms with E-state index in [1.165, 1.54) is 23.0 Å². The summed E-state index contributed by atoms with van der Waals surface area (Å²) in [5.74, 6) is -1.33. The highest BCUT2D eigenvalue weighted by atomic mass is 32.2. The lowest BCUT2D eigenvalue weighted by atomic mass is 9.98. The van der Waals surface area contributed by atoms with Crippen molar-refractivity contribution < 1.29 is 21.6 Å². The van der Waals surface area contributed by atoms with E-state index in [1.54, 1.807) is 7.05 Å². The number of benzene rings is 1. The zero-order chi connectivity index (χ0) is 27.0. The van der Waals surface area contributed by atoms with Crippen molar-refractivity contribution >= 4 is 26.6 Å². The molecule has 1 aliphatic carbocycles. The summed E-state index contributed by atoms with van der Waals surface area (Å²) in [7, 11) is -2.41. The zero-order valence-electron chi connectivity index (χ0n) is 21.2. The highest BCUT2D eigenvalue weighted by Crippen LogP contribution is 2.40. The van der Waals surface area contributed by atoms with Gasteiger partial charge in [0.2, 0.25) is 15.8 Å². The SMILES string of the molecule is C[C@H]1CN(c2cc(S(=O)(=O)NC3(C)CC3)cc3c(-c4cn(C)nn4)nc(C(F)(F)F)nc23)CC(C)(C)N1. The summed E-state index contributed by atoms with van der Waals surface area (Å²) in [6.07, 6.45) is -1.98. The second kappa shape index (κ2) is 8.33. The first-order valence-corrected chi connectivity index (χ1v) is 13.4. The highest BCUT2D eigenvalue weighted by Gasteiger charge is 2.42. The molecule has 3 aromatic rings. The summed E-state index contributed by atoms with van der Waals surface area (Å²) in [6, 6.07) is 2.73. The van der Waals surface area contributed by atoms with Crippen molar-refractivity contribution in [2.45, 2.75) is 68.7 Å². The minimum Gasteiger partial charge on any atom is -0.366 e. The molecule has 2 aliphatic rings. The smallest absolute Gasteiger partial charge is 0.366 e. The molecule has 1 atom stereocenters. The summed E-state index contributed by atoms with van der Waals surface area (Å²) >= 11 is 0. The normalized spacial score (nSPS) is 21.4. The standard InChI is InChI=1S/C23H29F3N8O2S/c1-13-10-34(12-21(2,3)29-13)17-9-14(37(35,36)31-22(4)6-7-22)8-15-18(16-11-33(5)32-30-16)27-20(23(24,25)26)28-19(15)17/h8-9,11,13,29,31H,6-7,10,12H2,1-5H3/t13-/m0/s1. The van der Waals surface area contributed by atoms with Crippen LogP contribution in [0.4, 0.5) is 18.9 Å². The van der Waals surface area contributed by atoms with E-state index in [2.05, 4.69) is 30.3 Å². The molecule has 0 radical (unpaired) electrons. The third-order valence-electron chi connectivity index (χ3n) is 6.60. The van der Waals surface area contributed by atoms with Gasteiger partial charge in [-0.05, 0) is 52.7 Å². The van der Waals surface area contributed by atoms with E-state index in [4.69, 9.17) is 0 Å². The molecular formula is C23H29F3N8O2S. The van der Waals surface area contributed by atoms with E-state index >= 15 is 0 Å². The Balaban J connectivity index is 1.82. The fourth-order valence-electron chi connectivity index (χ4n) is 4.85. The Hall–Kier alpha value is -2.84. The lowest BCUT2D eigenvalue weighted by molar-refractivity contribution is -0.144. The quantitative estimate of drug-likeness (QED) is 0.509. The van der Waals surface area contributed by atoms with Crippen LogP contribution in [0.25, 0.3) is 22.3 Å². The Morgan fingerprint density at radius 1 is 1.16 bits per heavy atom. The number of sulfonamides is 1. The lowest BCUT2D eigenvalue weighted by Gasteiger charge is -2.44. The van der Waals surface area contributed by atoms with Gasteiger partial charge in [0.05, 0.1) is 22.3 Å². The maximum absolute atomic E-state index is 13.9. The van der Waals surface area contributed by atoms with Gasteiger partial charge in [-0.15, -0.1) is 5.10 Å². The maximum Gasteiger partial charge on any atom is 0.451 e. The average Bonchev–Trinajstić information content (AvgIpc) is 3.31. The summed E-state index contributed by atoms with van der Waals surface area (Å²) in [6.45, 7) is 8.61. The van der Waals surface area contributed by atoms with E-state index in [0.29, 0.717) is 31.6 Å². The second-order valence-electron chi connectivity index (χ2n) is 11.0. The Bertz CT molecular complexity index is 1480. The van der Waals surface area contributed by atoms with Crippen molar-refractivity contribution in [3.8, 4) is 11.4 Å². The molecule has 0 amide bonds. The number of anilines is 1. The minimum atomic E-state index is -4.83. The van der Waals surface area contributed by atoms with Gasteiger partial charge >= 0.3 is 6.18 Å². The van der Waals surface area contributed by atoms with Crippen LogP contribution in [-0.4, -0.2) is 63.6 Å². The molecule has 10 nitrogen and oxygen atoms in total. The van der Waals surface area contributed by atoms with Gasteiger partial charge in [-0.25, -0.2) is 23.1 Å². The van der Waals surface area contributed by atoms with Crippen LogP contribution in [0.1, 0.15) is 46.4 Å². The Kier molecular flexibility index (Phi) is 5.81. The first kappa shape index (κ1) is 25.8. The van der Waals surface area contributed by atoms with Crippen molar-refractivity contribution in [3.05, 3.63) is 24.2 Å². The summed E-state index contributed by atoms with van der Waals surface area (Å²) in [5.41, 5.74) is -0.681. The summed E-state index contributed by atoms with van der Waals surface area (Å²) < 4.78 is 72.8. The molecule has 3 heterocycles. The first-order chi connectivity index (χ1) is 17.1. The van der Waals surface area contributed by atoms with Gasteiger partial charge in [0.1, 0.15) is 11.4 Å². The van der Waals surface area contributed by atoms with Gasteiger partial charge in [0.15, 0.2) is 0 Å². The number of hydrogen-bond donors (Lipinski definition) is 2. The van der Waals surface area contributed by atoms with Gasteiger partial charge in [0.25, 0.3) is 0 Å². The summed E-state index contributed by atoms with van der Waals surface area (Å²) in [4.78, 5) is 9.54. The number of alkyl halides is 3. The third kappa shape index (κ3) is 5.14. The molecule has 1 aliphatic heterocycles. The Morgan fingerprint density at radius 3 is 2.43 bits per heavy atom. The first-order valence-electron chi connectivity index (χ1n) is 11.9. The molecule has 37 heavy (non-hydrogen) atoms. The van der Waals surface area contributed by atoms with Crippen LogP contribution in [0.2, 0.25) is 0 Å². The maximum atomic E-state index is 13.9. The molecule has 2 fully saturated rings. The van der Waals surface area contributed by atoms with E-state index < -0.39 is 27.6 Å². The molecule has 200 valence electrons. The number of nitrogens with zero attached hydrogens (tertiary/aromatic N) is 6. The average molecular weight is 539 g/mol. The fourth-order valence-corrected chi connectivity index (χ4v) is 6.36. The number of piperazine rings is 1. The van der Waals surface area contributed by atoms with Crippen LogP contribution in [0, 0.1) is 0 Å². The number of aryl methyl sites for hydroxylation is 1. The van der Waals surface area contributed by atoms with E-state index in [9.17, 15) is 21.6 Å². The van der Waals surface area contributed by atoms with Crippen molar-refractivity contribution in [1.29, 1.82) is 0 Å². The molecule has 0 spiro atoms. The van der Waals surface area contributed by atoms with E-state index in [1.807, 2.05) is 32.6 Å². The molecule has 1 saturated carbocycles. The number of halogens is 3. The highest BCUT2D eigenvalue weighted by molar-refractivity contribution is 7.89. The van der Waals surface area contributed by atoms with Crippen molar-refractivity contribution in [2.24, 2.45) is 7.05 Å². The third-order valence-corrected chi connectivity index (χ3v) is 8.22. The number of nitrogens with one attached hydrogen (secondary N) is 2. The van der Waals surface area contributed by atoms with Gasteiger partial charge in [-0.1, -0.05) is 5.21 Å². The van der Waals surface area contributed by atoms with Crippen LogP contribution < -0.4 is 14.9 Å². The summed E-state index contributed by atoms with van der Waals surface area (Å²) in [5, 5.41) is 11.4. The minimum absolute atomic E-state index is 0.00413. The Morgan fingerprint density at radius 2 is 1.86 bits per heavy atom. The topological polar surface area (TPSA) is 118 Å². The van der Waals surface area contributed by atoms with Crippen LogP contribution in [-0.2, 0) is 23.2 Å². The number of rotatable bonds is 5. The van der Waals surface area contributed by atoms with Gasteiger partial charge in [-0.2, -0.15) is 13.2 Å². The van der Waals surface area contributed by atoms with Gasteiger partial charge in [0, 0.05) is 42.6 Å². The molecular weight excluding hydrogens is 509 g/mol. The molecule has 2 aromatic heterocycles. The zero-order valence-corrected chi connectivity index (χ0v) is 22.0. The van der Waals surface area contributed by atoms with Crippen molar-refractivity contribution in [1.82, 2.24) is 35.0 Å². The van der Waals surface area contributed by atoms with Gasteiger partial charge in [-0.3, -0.25) is 4.68 Å². The molecule has 5 rings (SSSR count). The molecule has 0 bridgehead atoms. The van der Waals surface area contributed by atoms with E-state index in [-0.39, 0.29) is 38.8 Å². The van der Waals surface area contributed by atoms with Crippen molar-refractivity contribution in [2.75, 3.05) is 18.0 Å². The largest absolute Gasteiger partial charge is 0.451 e.